The van der Waals surface area contributed by atoms with Crippen LogP contribution < -0.4 is 22.4 Å². The van der Waals surface area contributed by atoms with Gasteiger partial charge >= 0.3 is 0 Å². The van der Waals surface area contributed by atoms with Gasteiger partial charge in [0.05, 0.1) is 10.6 Å². The summed E-state index contributed by atoms with van der Waals surface area (Å²) in [4.78, 5) is 25.0. The Balaban J connectivity index is 0.00000370. The van der Waals surface area contributed by atoms with Gasteiger partial charge in [-0.15, -0.1) is 10.2 Å². The zero-order valence-corrected chi connectivity index (χ0v) is 24.1. The summed E-state index contributed by atoms with van der Waals surface area (Å²) in [5.41, 5.74) is 2.02. The molecule has 0 spiro atoms. The third kappa shape index (κ3) is 7.14. The van der Waals surface area contributed by atoms with Crippen molar-refractivity contribution in [3.63, 3.8) is 0 Å². The number of pyridine rings is 1. The Kier molecular flexibility index (Phi) is 9.71. The number of amides is 1. The fraction of sp³-hybridized carbons (Fsp3) is 0.308. The van der Waals surface area contributed by atoms with E-state index < -0.39 is 10.0 Å². The minimum Gasteiger partial charge on any atom is -1.00 e. The van der Waals surface area contributed by atoms with Crippen molar-refractivity contribution in [2.24, 2.45) is 0 Å². The van der Waals surface area contributed by atoms with Crippen LogP contribution in [-0.2, 0) is 14.8 Å². The van der Waals surface area contributed by atoms with Crippen molar-refractivity contribution in [1.82, 2.24) is 29.7 Å². The van der Waals surface area contributed by atoms with E-state index in [9.17, 15) is 13.2 Å². The molecule has 1 fully saturated rings. The summed E-state index contributed by atoms with van der Waals surface area (Å²) in [5, 5.41) is 12.4. The molecule has 0 aliphatic heterocycles. The molecule has 4 aromatic rings. The van der Waals surface area contributed by atoms with Gasteiger partial charge in [-0.2, -0.15) is 0 Å². The molecule has 2 N–H and O–H groups in total. The standard InChI is InChI=1S/C26H28N8O3S2.ClH/c1-18-13-15-28-25(29-18)33-39(36,37)22-11-9-20(10-12-22)30-23(35)17-38-26-32-31-24(19-6-5-14-27-16-19)34(26)21-7-3-2-4-8-21;/h5-6,9-16,21H,2-4,7-8,17H2,1H3,(H,30,35)(H,28,29,33);1H/p-1. The molecule has 0 bridgehead atoms. The van der Waals surface area contributed by atoms with E-state index in [2.05, 4.69) is 39.8 Å². The SMILES string of the molecule is Cc1ccnc(NS(=O)(=O)c2ccc(NC(=O)CSc3nnc(-c4cccnc4)n3C3CCCCC3)cc2)n1.[Cl-]. The van der Waals surface area contributed by atoms with Crippen molar-refractivity contribution in [1.29, 1.82) is 0 Å². The average Bonchev–Trinajstić information content (AvgIpc) is 3.37. The molecule has 3 aromatic heterocycles. The van der Waals surface area contributed by atoms with E-state index in [0.717, 1.165) is 37.1 Å². The molecule has 0 unspecified atom stereocenters. The summed E-state index contributed by atoms with van der Waals surface area (Å²) in [5.74, 6) is 0.657. The minimum atomic E-state index is -3.87. The average molecular weight is 600 g/mol. The van der Waals surface area contributed by atoms with Gasteiger partial charge in [-0.25, -0.2) is 23.1 Å². The van der Waals surface area contributed by atoms with E-state index in [-0.39, 0.29) is 41.0 Å². The molecule has 1 amide bonds. The number of rotatable bonds is 9. The van der Waals surface area contributed by atoms with Crippen LogP contribution in [0.3, 0.4) is 0 Å². The molecule has 3 heterocycles. The predicted octanol–water partition coefficient (Wildman–Crippen LogP) is 1.48. The van der Waals surface area contributed by atoms with Crippen molar-refractivity contribution >= 4 is 39.3 Å². The van der Waals surface area contributed by atoms with Crippen LogP contribution in [0.15, 0.2) is 71.1 Å². The smallest absolute Gasteiger partial charge is 0.264 e. The lowest BCUT2D eigenvalue weighted by atomic mass is 9.95. The second-order valence-electron chi connectivity index (χ2n) is 9.20. The number of nitrogens with zero attached hydrogens (tertiary/aromatic N) is 6. The van der Waals surface area contributed by atoms with Crippen LogP contribution >= 0.6 is 11.8 Å². The maximum absolute atomic E-state index is 12.8. The van der Waals surface area contributed by atoms with E-state index in [1.54, 1.807) is 37.5 Å². The molecular weight excluding hydrogens is 572 g/mol. The maximum atomic E-state index is 12.8. The molecule has 11 nitrogen and oxygen atoms in total. The van der Waals surface area contributed by atoms with Crippen LogP contribution in [0, 0.1) is 6.92 Å². The van der Waals surface area contributed by atoms with E-state index in [1.165, 1.54) is 36.5 Å². The summed E-state index contributed by atoms with van der Waals surface area (Å²) in [6, 6.07) is 11.7. The maximum Gasteiger partial charge on any atom is 0.264 e. The van der Waals surface area contributed by atoms with Crippen molar-refractivity contribution in [3.05, 3.63) is 66.7 Å². The van der Waals surface area contributed by atoms with Crippen molar-refractivity contribution in [2.75, 3.05) is 15.8 Å². The van der Waals surface area contributed by atoms with Crippen molar-refractivity contribution < 1.29 is 25.6 Å². The van der Waals surface area contributed by atoms with Crippen LogP contribution in [0.25, 0.3) is 11.4 Å². The van der Waals surface area contributed by atoms with Crippen LogP contribution in [0.1, 0.15) is 43.8 Å². The number of halogens is 1. The van der Waals surface area contributed by atoms with E-state index in [1.807, 2.05) is 12.1 Å². The lowest BCUT2D eigenvalue weighted by Gasteiger charge is -2.25. The number of nitrogens with one attached hydrogen (secondary N) is 2. The highest BCUT2D eigenvalue weighted by Crippen LogP contribution is 2.35. The Morgan fingerprint density at radius 2 is 1.82 bits per heavy atom. The zero-order chi connectivity index (χ0) is 27.2. The summed E-state index contributed by atoms with van der Waals surface area (Å²) >= 11 is 1.33. The van der Waals surface area contributed by atoms with Gasteiger partial charge in [-0.3, -0.25) is 14.3 Å². The Labute approximate surface area is 243 Å². The van der Waals surface area contributed by atoms with E-state index in [0.29, 0.717) is 16.5 Å². The highest BCUT2D eigenvalue weighted by molar-refractivity contribution is 7.99. The topological polar surface area (TPSA) is 145 Å². The first-order valence-electron chi connectivity index (χ1n) is 12.6. The number of hydrogen-bond donors (Lipinski definition) is 2. The van der Waals surface area contributed by atoms with Crippen molar-refractivity contribution in [2.45, 2.75) is 55.1 Å². The largest absolute Gasteiger partial charge is 1.00 e. The molecular formula is C26H28ClN8O3S2-. The molecule has 1 aliphatic rings. The van der Waals surface area contributed by atoms with Gasteiger partial charge in [0.15, 0.2) is 11.0 Å². The quantitative estimate of drug-likeness (QED) is 0.273. The Morgan fingerprint density at radius 1 is 1.05 bits per heavy atom. The van der Waals surface area contributed by atoms with Crippen molar-refractivity contribution in [3.8, 4) is 11.4 Å². The third-order valence-corrected chi connectivity index (χ3v) is 8.61. The van der Waals surface area contributed by atoms with Crippen LogP contribution in [0.5, 0.6) is 0 Å². The lowest BCUT2D eigenvalue weighted by Crippen LogP contribution is -3.00. The van der Waals surface area contributed by atoms with E-state index in [4.69, 9.17) is 0 Å². The zero-order valence-electron chi connectivity index (χ0n) is 21.7. The first kappa shape index (κ1) is 29.4. The third-order valence-electron chi connectivity index (χ3n) is 6.33. The molecule has 14 heteroatoms. The van der Waals surface area contributed by atoms with Gasteiger partial charge in [0, 0.05) is 41.6 Å². The van der Waals surface area contributed by atoms with E-state index >= 15 is 0 Å². The Bertz CT molecular complexity index is 1540. The van der Waals surface area contributed by atoms with Gasteiger partial charge in [0.25, 0.3) is 10.0 Å². The summed E-state index contributed by atoms with van der Waals surface area (Å²) < 4.78 is 29.9. The number of aryl methyl sites for hydroxylation is 1. The minimum absolute atomic E-state index is 0. The number of hydrogen-bond acceptors (Lipinski definition) is 9. The molecule has 1 saturated carbocycles. The molecule has 0 atom stereocenters. The molecule has 5 rings (SSSR count). The van der Waals surface area contributed by atoms with Crippen LogP contribution in [0.4, 0.5) is 11.6 Å². The van der Waals surface area contributed by atoms with Gasteiger partial charge in [-0.05, 0) is 62.2 Å². The Morgan fingerprint density at radius 3 is 2.52 bits per heavy atom. The van der Waals surface area contributed by atoms with Gasteiger partial charge < -0.3 is 17.7 Å². The highest BCUT2D eigenvalue weighted by atomic mass is 35.5. The fourth-order valence-corrected chi connectivity index (χ4v) is 6.21. The number of benzene rings is 1. The number of carbonyl (C=O) groups is 1. The molecule has 1 aliphatic carbocycles. The highest BCUT2D eigenvalue weighted by Gasteiger charge is 2.24. The molecule has 1 aromatic carbocycles. The van der Waals surface area contributed by atoms with Crippen LogP contribution in [-0.4, -0.2) is 49.8 Å². The summed E-state index contributed by atoms with van der Waals surface area (Å²) in [6.07, 6.45) is 10.6. The monoisotopic (exact) mass is 599 g/mol. The second kappa shape index (κ2) is 13.2. The molecule has 40 heavy (non-hydrogen) atoms. The predicted molar refractivity (Wildman–Crippen MR) is 149 cm³/mol. The normalized spacial score (nSPS) is 13.8. The molecule has 210 valence electrons. The number of sulfonamides is 1. The first-order valence-corrected chi connectivity index (χ1v) is 15.1. The van der Waals surface area contributed by atoms with Gasteiger partial charge in [0.1, 0.15) is 0 Å². The number of anilines is 2. The molecule has 0 saturated heterocycles. The molecule has 0 radical (unpaired) electrons. The summed E-state index contributed by atoms with van der Waals surface area (Å²) in [7, 11) is -3.87. The number of aromatic nitrogens is 6. The number of carbonyl (C=O) groups excluding carboxylic acids is 1. The first-order chi connectivity index (χ1) is 18.9. The van der Waals surface area contributed by atoms with Crippen LogP contribution in [0.2, 0.25) is 0 Å². The second-order valence-corrected chi connectivity index (χ2v) is 11.8. The van der Waals surface area contributed by atoms with Gasteiger partial charge in [-0.1, -0.05) is 31.0 Å². The Hall–Kier alpha value is -3.55. The summed E-state index contributed by atoms with van der Waals surface area (Å²) in [6.45, 7) is 1.74. The number of thioether (sulfide) groups is 1. The van der Waals surface area contributed by atoms with Gasteiger partial charge in [0.2, 0.25) is 11.9 Å². The lowest BCUT2D eigenvalue weighted by molar-refractivity contribution is -0.113. The fourth-order valence-electron chi connectivity index (χ4n) is 4.46.